The van der Waals surface area contributed by atoms with E-state index in [0.29, 0.717) is 19.3 Å². The van der Waals surface area contributed by atoms with Gasteiger partial charge in [0.05, 0.1) is 0 Å². The lowest BCUT2D eigenvalue weighted by Gasteiger charge is -2.18. The van der Waals surface area contributed by atoms with Gasteiger partial charge < -0.3 is 14.2 Å². The molecule has 0 aliphatic carbocycles. The van der Waals surface area contributed by atoms with Gasteiger partial charge >= 0.3 is 17.9 Å². The molecule has 0 heterocycles. The Hall–Kier alpha value is -1.59. The van der Waals surface area contributed by atoms with Crippen molar-refractivity contribution in [3.05, 3.63) is 0 Å². The Morgan fingerprint density at radius 2 is 0.633 bits per heavy atom. The summed E-state index contributed by atoms with van der Waals surface area (Å²) in [5, 5.41) is 0. The molecule has 0 fully saturated rings. The van der Waals surface area contributed by atoms with Crippen LogP contribution in [-0.4, -0.2) is 37.2 Å². The van der Waals surface area contributed by atoms with Crippen molar-refractivity contribution in [2.45, 2.75) is 304 Å². The quantitative estimate of drug-likeness (QED) is 0.0345. The Balaban J connectivity index is 4.28. The highest BCUT2D eigenvalue weighted by Gasteiger charge is 2.19. The molecule has 356 valence electrons. The van der Waals surface area contributed by atoms with Gasteiger partial charge in [-0.05, 0) is 31.1 Å². The first kappa shape index (κ1) is 58.4. The Bertz CT molecular complexity index is 918. The number of ether oxygens (including phenoxy) is 3. The van der Waals surface area contributed by atoms with Crippen molar-refractivity contribution in [2.24, 2.45) is 11.8 Å². The second kappa shape index (κ2) is 46.9. The van der Waals surface area contributed by atoms with Crippen LogP contribution in [0, 0.1) is 11.8 Å². The summed E-state index contributed by atoms with van der Waals surface area (Å²) >= 11 is 0. The predicted octanol–water partition coefficient (Wildman–Crippen LogP) is 17.3. The van der Waals surface area contributed by atoms with Crippen LogP contribution in [0.15, 0.2) is 0 Å². The molecule has 0 aliphatic rings. The molecule has 0 rings (SSSR count). The zero-order valence-electron chi connectivity index (χ0n) is 41.1. The zero-order chi connectivity index (χ0) is 44.0. The number of hydrogen-bond acceptors (Lipinski definition) is 6. The molecular weight excluding hydrogens is 745 g/mol. The fourth-order valence-corrected chi connectivity index (χ4v) is 8.13. The molecular formula is C54H104O6. The minimum atomic E-state index is -0.762. The number of rotatable bonds is 48. The molecule has 1 unspecified atom stereocenters. The molecule has 0 aromatic rings. The summed E-state index contributed by atoms with van der Waals surface area (Å²) in [5.41, 5.74) is 0. The van der Waals surface area contributed by atoms with E-state index in [9.17, 15) is 14.4 Å². The number of esters is 3. The fourth-order valence-electron chi connectivity index (χ4n) is 8.13. The van der Waals surface area contributed by atoms with Gasteiger partial charge in [0, 0.05) is 19.3 Å². The Morgan fingerprint density at radius 1 is 0.350 bits per heavy atom. The lowest BCUT2D eigenvalue weighted by Crippen LogP contribution is -2.30. The van der Waals surface area contributed by atoms with E-state index in [0.717, 1.165) is 69.6 Å². The SMILES string of the molecule is CCCCCCCCCCCCCCCCCCCC(=O)OC[C@H](COC(=O)CCCCCCCCCCCCC(C)CC)OC(=O)CCCCCCCCCCC(C)C. The van der Waals surface area contributed by atoms with Crippen LogP contribution in [0.4, 0.5) is 0 Å². The Labute approximate surface area is 374 Å². The number of carbonyl (C=O) groups is 3. The van der Waals surface area contributed by atoms with E-state index in [4.69, 9.17) is 14.2 Å². The molecule has 0 saturated carbocycles. The molecule has 6 heteroatoms. The highest BCUT2D eigenvalue weighted by molar-refractivity contribution is 5.71. The van der Waals surface area contributed by atoms with Crippen molar-refractivity contribution in [1.82, 2.24) is 0 Å². The van der Waals surface area contributed by atoms with Gasteiger partial charge in [0.25, 0.3) is 0 Å². The molecule has 0 radical (unpaired) electrons. The third-order valence-corrected chi connectivity index (χ3v) is 12.6. The number of carbonyl (C=O) groups excluding carboxylic acids is 3. The lowest BCUT2D eigenvalue weighted by atomic mass is 9.99. The fraction of sp³-hybridized carbons (Fsp3) is 0.944. The smallest absolute Gasteiger partial charge is 0.306 e. The van der Waals surface area contributed by atoms with Crippen molar-refractivity contribution in [2.75, 3.05) is 13.2 Å². The van der Waals surface area contributed by atoms with E-state index in [1.54, 1.807) is 0 Å². The number of unbranched alkanes of at least 4 members (excludes halogenated alkanes) is 32. The maximum absolute atomic E-state index is 12.8. The van der Waals surface area contributed by atoms with Gasteiger partial charge in [-0.2, -0.15) is 0 Å². The third-order valence-electron chi connectivity index (χ3n) is 12.6. The molecule has 6 nitrogen and oxygen atoms in total. The molecule has 0 N–H and O–H groups in total. The van der Waals surface area contributed by atoms with Crippen molar-refractivity contribution in [3.63, 3.8) is 0 Å². The molecule has 0 amide bonds. The van der Waals surface area contributed by atoms with Crippen molar-refractivity contribution in [1.29, 1.82) is 0 Å². The summed E-state index contributed by atoms with van der Waals surface area (Å²) in [4.78, 5) is 38.0. The summed E-state index contributed by atoms with van der Waals surface area (Å²) in [6.07, 6.45) is 48.0. The standard InChI is InChI=1S/C54H104O6/c1-6-8-9-10-11-12-13-14-15-16-17-18-19-23-29-34-39-44-52(55)58-47-51(60-54(57)46-41-36-31-26-25-27-32-37-42-49(3)4)48-59-53(56)45-40-35-30-24-21-20-22-28-33-38-43-50(5)7-2/h49-51H,6-48H2,1-5H3/t50?,51-/m1/s1. The second-order valence-corrected chi connectivity index (χ2v) is 19.2. The van der Waals surface area contributed by atoms with Crippen LogP contribution in [0.5, 0.6) is 0 Å². The van der Waals surface area contributed by atoms with E-state index in [2.05, 4.69) is 34.6 Å². The molecule has 60 heavy (non-hydrogen) atoms. The average Bonchev–Trinajstić information content (AvgIpc) is 3.23. The zero-order valence-corrected chi connectivity index (χ0v) is 41.1. The monoisotopic (exact) mass is 849 g/mol. The first-order valence-corrected chi connectivity index (χ1v) is 26.8. The summed E-state index contributed by atoms with van der Waals surface area (Å²) < 4.78 is 16.8. The summed E-state index contributed by atoms with van der Waals surface area (Å²) in [7, 11) is 0. The molecule has 0 aliphatic heterocycles. The lowest BCUT2D eigenvalue weighted by molar-refractivity contribution is -0.167. The van der Waals surface area contributed by atoms with E-state index in [1.165, 1.54) is 186 Å². The van der Waals surface area contributed by atoms with Crippen LogP contribution in [0.3, 0.4) is 0 Å². The normalized spacial score (nSPS) is 12.5. The largest absolute Gasteiger partial charge is 0.462 e. The van der Waals surface area contributed by atoms with Crippen molar-refractivity contribution >= 4 is 17.9 Å². The first-order chi connectivity index (χ1) is 29.3. The maximum Gasteiger partial charge on any atom is 0.306 e. The summed E-state index contributed by atoms with van der Waals surface area (Å²) in [6.45, 7) is 11.4. The van der Waals surface area contributed by atoms with Gasteiger partial charge in [-0.1, -0.05) is 259 Å². The van der Waals surface area contributed by atoms with Crippen LogP contribution in [0.25, 0.3) is 0 Å². The predicted molar refractivity (Wildman–Crippen MR) is 256 cm³/mol. The van der Waals surface area contributed by atoms with Gasteiger partial charge in [-0.15, -0.1) is 0 Å². The minimum Gasteiger partial charge on any atom is -0.462 e. The van der Waals surface area contributed by atoms with Gasteiger partial charge in [0.2, 0.25) is 0 Å². The molecule has 2 atom stereocenters. The molecule has 0 aromatic carbocycles. The van der Waals surface area contributed by atoms with Crippen LogP contribution < -0.4 is 0 Å². The van der Waals surface area contributed by atoms with Gasteiger partial charge in [0.1, 0.15) is 13.2 Å². The molecule has 0 bridgehead atoms. The van der Waals surface area contributed by atoms with Gasteiger partial charge in [-0.25, -0.2) is 0 Å². The molecule has 0 aromatic heterocycles. The van der Waals surface area contributed by atoms with Gasteiger partial charge in [-0.3, -0.25) is 14.4 Å². The molecule has 0 saturated heterocycles. The second-order valence-electron chi connectivity index (χ2n) is 19.2. The van der Waals surface area contributed by atoms with Crippen molar-refractivity contribution in [3.8, 4) is 0 Å². The summed E-state index contributed by atoms with van der Waals surface area (Å²) in [6, 6.07) is 0. The topological polar surface area (TPSA) is 78.9 Å². The highest BCUT2D eigenvalue weighted by atomic mass is 16.6. The maximum atomic E-state index is 12.8. The van der Waals surface area contributed by atoms with E-state index >= 15 is 0 Å². The van der Waals surface area contributed by atoms with Crippen LogP contribution in [-0.2, 0) is 28.6 Å². The van der Waals surface area contributed by atoms with Gasteiger partial charge in [0.15, 0.2) is 6.10 Å². The first-order valence-electron chi connectivity index (χ1n) is 26.8. The Kier molecular flexibility index (Phi) is 45.7. The Morgan fingerprint density at radius 3 is 0.950 bits per heavy atom. The van der Waals surface area contributed by atoms with E-state index in [-0.39, 0.29) is 31.1 Å². The molecule has 0 spiro atoms. The number of hydrogen-bond donors (Lipinski definition) is 0. The third kappa shape index (κ3) is 45.9. The van der Waals surface area contributed by atoms with Crippen LogP contribution >= 0.6 is 0 Å². The van der Waals surface area contributed by atoms with Crippen molar-refractivity contribution < 1.29 is 28.6 Å². The highest BCUT2D eigenvalue weighted by Crippen LogP contribution is 2.18. The van der Waals surface area contributed by atoms with E-state index in [1.807, 2.05) is 0 Å². The van der Waals surface area contributed by atoms with Crippen LogP contribution in [0.2, 0.25) is 0 Å². The minimum absolute atomic E-state index is 0.0640. The van der Waals surface area contributed by atoms with E-state index < -0.39 is 6.10 Å². The van der Waals surface area contributed by atoms with Crippen LogP contribution in [0.1, 0.15) is 298 Å². The average molecular weight is 849 g/mol. The summed E-state index contributed by atoms with van der Waals surface area (Å²) in [5.74, 6) is 0.814.